The number of nitrogens with zero attached hydrogens (tertiary/aromatic N) is 2. The van der Waals surface area contributed by atoms with Gasteiger partial charge in [-0.3, -0.25) is 9.69 Å². The molecule has 2 fully saturated rings. The number of H-pyrrole nitrogens is 1. The number of aromatic amines is 1. The van der Waals surface area contributed by atoms with Gasteiger partial charge in [0.15, 0.2) is 0 Å². The minimum absolute atomic E-state index is 0.00374. The predicted octanol–water partition coefficient (Wildman–Crippen LogP) is 4.96. The third-order valence-electron chi connectivity index (χ3n) is 8.97. The van der Waals surface area contributed by atoms with Crippen LogP contribution in [0.25, 0.3) is 10.9 Å². The van der Waals surface area contributed by atoms with Crippen LogP contribution in [-0.2, 0) is 36.8 Å². The molecule has 43 heavy (non-hydrogen) atoms. The Balaban J connectivity index is 1.39. The normalized spacial score (nSPS) is 25.3. The number of hydrogen-bond donors (Lipinski definition) is 1. The quantitative estimate of drug-likeness (QED) is 0.248. The third-order valence-corrected chi connectivity index (χ3v) is 8.97. The van der Waals surface area contributed by atoms with Gasteiger partial charge in [-0.05, 0) is 54.9 Å². The van der Waals surface area contributed by atoms with Crippen molar-refractivity contribution in [3.8, 4) is 11.8 Å². The van der Waals surface area contributed by atoms with Crippen LogP contribution in [0, 0.1) is 23.2 Å². The molecule has 2 heterocycles. The van der Waals surface area contributed by atoms with Crippen LogP contribution >= 0.6 is 0 Å². The third kappa shape index (κ3) is 6.17. The number of esters is 2. The van der Waals surface area contributed by atoms with E-state index in [2.05, 4.69) is 22.5 Å². The van der Waals surface area contributed by atoms with Crippen LogP contribution in [-0.4, -0.2) is 66.9 Å². The molecule has 2 aromatic carbocycles. The molecule has 2 aliphatic rings. The van der Waals surface area contributed by atoms with E-state index in [1.54, 1.807) is 7.11 Å². The van der Waals surface area contributed by atoms with Gasteiger partial charge in [-0.1, -0.05) is 36.4 Å². The number of carbonyl (C=O) groups is 2. The maximum absolute atomic E-state index is 13.7. The lowest BCUT2D eigenvalue weighted by Gasteiger charge is -2.53. The van der Waals surface area contributed by atoms with Crippen LogP contribution in [0.4, 0.5) is 0 Å². The Kier molecular flexibility index (Phi) is 9.49. The van der Waals surface area contributed by atoms with E-state index in [0.29, 0.717) is 25.9 Å². The lowest BCUT2D eigenvalue weighted by atomic mass is 9.62. The summed E-state index contributed by atoms with van der Waals surface area (Å²) in [6, 6.07) is 17.6. The van der Waals surface area contributed by atoms with Crippen molar-refractivity contribution in [1.29, 1.82) is 5.26 Å². The molecule has 1 N–H and O–H groups in total. The van der Waals surface area contributed by atoms with Gasteiger partial charge >= 0.3 is 11.9 Å². The first-order valence-electron chi connectivity index (χ1n) is 14.8. The Morgan fingerprint density at radius 2 is 2.00 bits per heavy atom. The minimum atomic E-state index is -1.66. The first-order valence-corrected chi connectivity index (χ1v) is 14.8. The van der Waals surface area contributed by atoms with Crippen LogP contribution in [0.1, 0.15) is 36.8 Å². The van der Waals surface area contributed by atoms with Crippen LogP contribution in [0.3, 0.4) is 0 Å². The van der Waals surface area contributed by atoms with Gasteiger partial charge in [0.05, 0.1) is 39.4 Å². The molecule has 1 saturated carbocycles. The van der Waals surface area contributed by atoms with E-state index in [9.17, 15) is 14.9 Å². The van der Waals surface area contributed by atoms with Crippen LogP contribution < -0.4 is 4.74 Å². The van der Waals surface area contributed by atoms with Crippen molar-refractivity contribution in [2.24, 2.45) is 11.8 Å². The fourth-order valence-electron chi connectivity index (χ4n) is 6.87. The van der Waals surface area contributed by atoms with Gasteiger partial charge in [0.2, 0.25) is 5.60 Å². The summed E-state index contributed by atoms with van der Waals surface area (Å²) >= 11 is 0. The summed E-state index contributed by atoms with van der Waals surface area (Å²) in [6.07, 6.45) is 5.08. The Morgan fingerprint density at radius 3 is 2.72 bits per heavy atom. The molecule has 1 saturated heterocycles. The standard InChI is InChI=1S/C34H39N3O6/c1-4-8-32(38)43-34(33(39)41-3)29-17-26(19-35)37(16-15-24-20-36-30-18-27(40-2)12-13-28(24)30)21-25(29)11-14-31(34)42-22-23-9-6-5-7-10-23/h4-7,9-10,12-13,18,20,25-26,29,31,36H,1,8,11,14-17,21-22H2,2-3H3/t25-,26-,29+,31-,34+/m1/s1. The van der Waals surface area contributed by atoms with Gasteiger partial charge in [0, 0.05) is 42.2 Å². The molecule has 0 radical (unpaired) electrons. The van der Waals surface area contributed by atoms with Crippen molar-refractivity contribution in [3.05, 3.63) is 78.5 Å². The van der Waals surface area contributed by atoms with E-state index >= 15 is 0 Å². The van der Waals surface area contributed by atoms with Crippen molar-refractivity contribution in [2.75, 3.05) is 27.3 Å². The topological polar surface area (TPSA) is 114 Å². The molecule has 1 aliphatic carbocycles. The summed E-state index contributed by atoms with van der Waals surface area (Å²) in [5.74, 6) is -0.856. The maximum atomic E-state index is 13.7. The van der Waals surface area contributed by atoms with E-state index in [0.717, 1.165) is 40.6 Å². The van der Waals surface area contributed by atoms with Crippen molar-refractivity contribution < 1.29 is 28.5 Å². The number of aromatic nitrogens is 1. The summed E-state index contributed by atoms with van der Waals surface area (Å²) in [6.45, 7) is 5.19. The number of rotatable bonds is 11. The molecule has 9 heteroatoms. The van der Waals surface area contributed by atoms with Crippen molar-refractivity contribution in [1.82, 2.24) is 9.88 Å². The fraction of sp³-hybridized carbons (Fsp3) is 0.441. The Hall–Kier alpha value is -4.13. The summed E-state index contributed by atoms with van der Waals surface area (Å²) in [5.41, 5.74) is 1.45. The van der Waals surface area contributed by atoms with Crippen molar-refractivity contribution in [2.45, 2.75) is 56.5 Å². The Labute approximate surface area is 252 Å². The number of nitriles is 1. The number of methoxy groups -OCH3 is 2. The molecule has 5 rings (SSSR count). The second-order valence-corrected chi connectivity index (χ2v) is 11.3. The summed E-state index contributed by atoms with van der Waals surface area (Å²) < 4.78 is 23.1. The maximum Gasteiger partial charge on any atom is 0.353 e. The molecule has 1 aromatic heterocycles. The average molecular weight is 586 g/mol. The molecule has 5 atom stereocenters. The lowest BCUT2D eigenvalue weighted by molar-refractivity contribution is -0.231. The van der Waals surface area contributed by atoms with Gasteiger partial charge in [-0.25, -0.2) is 4.79 Å². The summed E-state index contributed by atoms with van der Waals surface area (Å²) in [7, 11) is 2.95. The fourth-order valence-corrected chi connectivity index (χ4v) is 6.87. The molecule has 0 unspecified atom stereocenters. The van der Waals surface area contributed by atoms with E-state index < -0.39 is 35.6 Å². The molecule has 226 valence electrons. The molecule has 3 aromatic rings. The Bertz CT molecular complexity index is 1480. The minimum Gasteiger partial charge on any atom is -0.497 e. The SMILES string of the molecule is C=CCC(=O)O[C@]1(C(=O)OC)[C@H](OCc2ccccc2)CC[C@@H]2CN(CCc3c[nH]c4cc(OC)ccc34)[C@@H](C#N)C[C@@H]21. The zero-order valence-electron chi connectivity index (χ0n) is 24.8. The number of fused-ring (bicyclic) bond motifs is 2. The van der Waals surface area contributed by atoms with E-state index in [1.807, 2.05) is 54.7 Å². The van der Waals surface area contributed by atoms with Gasteiger partial charge in [0.25, 0.3) is 0 Å². The van der Waals surface area contributed by atoms with Gasteiger partial charge in [-0.15, -0.1) is 6.58 Å². The molecule has 0 bridgehead atoms. The van der Waals surface area contributed by atoms with Gasteiger partial charge < -0.3 is 23.9 Å². The molecular weight excluding hydrogens is 546 g/mol. The first kappa shape index (κ1) is 30.3. The van der Waals surface area contributed by atoms with Crippen LogP contribution in [0.5, 0.6) is 5.75 Å². The molecule has 1 aliphatic heterocycles. The number of piperidine rings is 1. The first-order chi connectivity index (χ1) is 20.9. The Morgan fingerprint density at radius 1 is 1.19 bits per heavy atom. The van der Waals surface area contributed by atoms with Crippen LogP contribution in [0.15, 0.2) is 67.4 Å². The van der Waals surface area contributed by atoms with E-state index in [-0.39, 0.29) is 18.9 Å². The highest BCUT2D eigenvalue weighted by molar-refractivity contribution is 5.86. The van der Waals surface area contributed by atoms with Crippen LogP contribution in [0.2, 0.25) is 0 Å². The van der Waals surface area contributed by atoms with E-state index in [1.165, 1.54) is 13.2 Å². The zero-order valence-corrected chi connectivity index (χ0v) is 24.8. The molecule has 0 amide bonds. The van der Waals surface area contributed by atoms with Gasteiger partial charge in [-0.2, -0.15) is 5.26 Å². The monoisotopic (exact) mass is 585 g/mol. The van der Waals surface area contributed by atoms with Crippen molar-refractivity contribution in [3.63, 3.8) is 0 Å². The highest BCUT2D eigenvalue weighted by Gasteiger charge is 2.63. The van der Waals surface area contributed by atoms with E-state index in [4.69, 9.17) is 18.9 Å². The summed E-state index contributed by atoms with van der Waals surface area (Å²) in [4.78, 5) is 32.2. The smallest absolute Gasteiger partial charge is 0.353 e. The number of ether oxygens (including phenoxy) is 4. The second-order valence-electron chi connectivity index (χ2n) is 11.3. The average Bonchev–Trinajstić information content (AvgIpc) is 3.45. The largest absolute Gasteiger partial charge is 0.497 e. The highest BCUT2D eigenvalue weighted by atomic mass is 16.6. The summed E-state index contributed by atoms with van der Waals surface area (Å²) in [5, 5.41) is 11.4. The number of benzene rings is 2. The zero-order chi connectivity index (χ0) is 30.4. The number of nitrogens with one attached hydrogen (secondary N) is 1. The molecule has 0 spiro atoms. The lowest BCUT2D eigenvalue weighted by Crippen LogP contribution is -2.67. The predicted molar refractivity (Wildman–Crippen MR) is 161 cm³/mol. The second kappa shape index (κ2) is 13.4. The molecule has 9 nitrogen and oxygen atoms in total. The number of likely N-dealkylation sites (tertiary alicyclic amines) is 1. The number of carbonyl (C=O) groups excluding carboxylic acids is 2. The molecular formula is C34H39N3O6. The number of hydrogen-bond acceptors (Lipinski definition) is 8. The van der Waals surface area contributed by atoms with Gasteiger partial charge in [0.1, 0.15) is 11.9 Å². The highest BCUT2D eigenvalue weighted by Crippen LogP contribution is 2.49. The van der Waals surface area contributed by atoms with Crippen molar-refractivity contribution >= 4 is 22.8 Å².